The highest BCUT2D eigenvalue weighted by atomic mass is 16.5. The molecule has 0 aromatic carbocycles. The van der Waals surface area contributed by atoms with Crippen LogP contribution in [-0.2, 0) is 4.74 Å². The van der Waals surface area contributed by atoms with Gasteiger partial charge >= 0.3 is 0 Å². The second-order valence-electron chi connectivity index (χ2n) is 4.72. The highest BCUT2D eigenvalue weighted by Gasteiger charge is 2.24. The molecule has 2 aliphatic rings. The number of hydrogen-bond acceptors (Lipinski definition) is 3. The number of morpholine rings is 1. The van der Waals surface area contributed by atoms with Crippen LogP contribution in [0.15, 0.2) is 0 Å². The molecular weight excluding hydrogens is 176 g/mol. The summed E-state index contributed by atoms with van der Waals surface area (Å²) in [7, 11) is 0. The van der Waals surface area contributed by atoms with Crippen LogP contribution < -0.4 is 5.32 Å². The van der Waals surface area contributed by atoms with Crippen LogP contribution in [-0.4, -0.2) is 49.3 Å². The summed E-state index contributed by atoms with van der Waals surface area (Å²) in [5.74, 6) is 0. The van der Waals surface area contributed by atoms with E-state index in [0.29, 0.717) is 12.1 Å². The van der Waals surface area contributed by atoms with E-state index in [2.05, 4.69) is 24.1 Å². The molecule has 0 amide bonds. The third kappa shape index (κ3) is 2.94. The van der Waals surface area contributed by atoms with Crippen molar-refractivity contribution in [1.29, 1.82) is 0 Å². The first-order valence-corrected chi connectivity index (χ1v) is 5.84. The van der Waals surface area contributed by atoms with Crippen LogP contribution in [0.5, 0.6) is 0 Å². The molecule has 1 saturated carbocycles. The van der Waals surface area contributed by atoms with Gasteiger partial charge in [0.1, 0.15) is 0 Å². The van der Waals surface area contributed by atoms with Gasteiger partial charge in [-0.15, -0.1) is 0 Å². The van der Waals surface area contributed by atoms with E-state index in [1.807, 2.05) is 0 Å². The van der Waals surface area contributed by atoms with Crippen molar-refractivity contribution in [2.24, 2.45) is 0 Å². The Bertz CT molecular complexity index is 182. The van der Waals surface area contributed by atoms with Gasteiger partial charge in [0.25, 0.3) is 0 Å². The van der Waals surface area contributed by atoms with Crippen molar-refractivity contribution in [3.8, 4) is 0 Å². The van der Waals surface area contributed by atoms with E-state index in [4.69, 9.17) is 4.74 Å². The molecule has 1 heterocycles. The number of rotatable bonds is 4. The van der Waals surface area contributed by atoms with Crippen LogP contribution in [0.3, 0.4) is 0 Å². The standard InChI is InChI=1S/C11H22N2O/c1-9-8-14-10(2)7-13(9)6-5-12-11-3-4-11/h9-12H,3-8H2,1-2H3. The van der Waals surface area contributed by atoms with E-state index in [0.717, 1.165) is 25.7 Å². The highest BCUT2D eigenvalue weighted by molar-refractivity contribution is 4.82. The largest absolute Gasteiger partial charge is 0.376 e. The minimum Gasteiger partial charge on any atom is -0.376 e. The Labute approximate surface area is 86.8 Å². The zero-order chi connectivity index (χ0) is 9.97. The number of ether oxygens (including phenoxy) is 1. The van der Waals surface area contributed by atoms with Gasteiger partial charge in [-0.25, -0.2) is 0 Å². The molecule has 0 bridgehead atoms. The van der Waals surface area contributed by atoms with Gasteiger partial charge < -0.3 is 10.1 Å². The van der Waals surface area contributed by atoms with Crippen molar-refractivity contribution in [3.05, 3.63) is 0 Å². The van der Waals surface area contributed by atoms with E-state index in [1.54, 1.807) is 0 Å². The van der Waals surface area contributed by atoms with Crippen LogP contribution in [0.2, 0.25) is 0 Å². The molecule has 0 spiro atoms. The minimum atomic E-state index is 0.409. The van der Waals surface area contributed by atoms with Gasteiger partial charge in [-0.1, -0.05) is 0 Å². The first-order chi connectivity index (χ1) is 6.75. The SMILES string of the molecule is CC1CN(CCNC2CC2)C(C)CO1. The lowest BCUT2D eigenvalue weighted by Gasteiger charge is -2.36. The molecule has 1 N–H and O–H groups in total. The normalized spacial score (nSPS) is 34.7. The molecule has 2 unspecified atom stereocenters. The molecule has 0 radical (unpaired) electrons. The van der Waals surface area contributed by atoms with E-state index in [-0.39, 0.29) is 0 Å². The summed E-state index contributed by atoms with van der Waals surface area (Å²) in [6, 6.07) is 1.43. The van der Waals surface area contributed by atoms with Gasteiger partial charge in [-0.3, -0.25) is 4.90 Å². The number of nitrogens with zero attached hydrogens (tertiary/aromatic N) is 1. The Kier molecular flexibility index (Phi) is 3.42. The molecule has 0 aromatic heterocycles. The zero-order valence-corrected chi connectivity index (χ0v) is 9.33. The van der Waals surface area contributed by atoms with Crippen molar-refractivity contribution in [3.63, 3.8) is 0 Å². The Hall–Kier alpha value is -0.120. The second kappa shape index (κ2) is 4.60. The van der Waals surface area contributed by atoms with Crippen molar-refractivity contribution in [2.45, 2.75) is 44.9 Å². The maximum atomic E-state index is 5.60. The molecule has 2 atom stereocenters. The predicted octanol–water partition coefficient (Wildman–Crippen LogP) is 0.848. The fourth-order valence-corrected chi connectivity index (χ4v) is 1.98. The predicted molar refractivity (Wildman–Crippen MR) is 57.5 cm³/mol. The summed E-state index contributed by atoms with van der Waals surface area (Å²) >= 11 is 0. The number of nitrogens with one attached hydrogen (secondary N) is 1. The van der Waals surface area contributed by atoms with Gasteiger partial charge in [0.2, 0.25) is 0 Å². The van der Waals surface area contributed by atoms with Gasteiger partial charge in [0.15, 0.2) is 0 Å². The average Bonchev–Trinajstić information content (AvgIpc) is 2.95. The average molecular weight is 198 g/mol. The molecule has 2 fully saturated rings. The lowest BCUT2D eigenvalue weighted by Crippen LogP contribution is -2.49. The maximum Gasteiger partial charge on any atom is 0.0674 e. The Morgan fingerprint density at radius 2 is 2.14 bits per heavy atom. The quantitative estimate of drug-likeness (QED) is 0.725. The highest BCUT2D eigenvalue weighted by Crippen LogP contribution is 2.18. The summed E-state index contributed by atoms with van der Waals surface area (Å²) in [6.45, 7) is 8.71. The second-order valence-corrected chi connectivity index (χ2v) is 4.72. The van der Waals surface area contributed by atoms with Crippen molar-refractivity contribution in [2.75, 3.05) is 26.2 Å². The Balaban J connectivity index is 1.65. The summed E-state index contributed by atoms with van der Waals surface area (Å²) in [6.07, 6.45) is 3.18. The topological polar surface area (TPSA) is 24.5 Å². The molecule has 82 valence electrons. The van der Waals surface area contributed by atoms with E-state index >= 15 is 0 Å². The molecule has 3 nitrogen and oxygen atoms in total. The molecule has 1 saturated heterocycles. The first kappa shape index (κ1) is 10.4. The third-order valence-corrected chi connectivity index (χ3v) is 3.15. The van der Waals surface area contributed by atoms with Crippen molar-refractivity contribution < 1.29 is 4.74 Å². The molecular formula is C11H22N2O. The van der Waals surface area contributed by atoms with Gasteiger partial charge in [-0.2, -0.15) is 0 Å². The summed E-state index contributed by atoms with van der Waals surface area (Å²) in [5, 5.41) is 3.56. The third-order valence-electron chi connectivity index (χ3n) is 3.15. The van der Waals surface area contributed by atoms with Crippen molar-refractivity contribution in [1.82, 2.24) is 10.2 Å². The summed E-state index contributed by atoms with van der Waals surface area (Å²) < 4.78 is 5.60. The fraction of sp³-hybridized carbons (Fsp3) is 1.00. The van der Waals surface area contributed by atoms with Crippen LogP contribution in [0.25, 0.3) is 0 Å². The molecule has 3 heteroatoms. The summed E-state index contributed by atoms with van der Waals surface area (Å²) in [4.78, 5) is 2.53. The molecule has 1 aliphatic heterocycles. The Morgan fingerprint density at radius 1 is 1.36 bits per heavy atom. The van der Waals surface area contributed by atoms with Crippen LogP contribution >= 0.6 is 0 Å². The van der Waals surface area contributed by atoms with Gasteiger partial charge in [-0.05, 0) is 26.7 Å². The molecule has 1 aliphatic carbocycles. The molecule has 0 aromatic rings. The fourth-order valence-electron chi connectivity index (χ4n) is 1.98. The number of hydrogen-bond donors (Lipinski definition) is 1. The van der Waals surface area contributed by atoms with Crippen LogP contribution in [0.4, 0.5) is 0 Å². The maximum absolute atomic E-state index is 5.60. The minimum absolute atomic E-state index is 0.409. The monoisotopic (exact) mass is 198 g/mol. The summed E-state index contributed by atoms with van der Waals surface area (Å²) in [5.41, 5.74) is 0. The van der Waals surface area contributed by atoms with Gasteiger partial charge in [0, 0.05) is 31.7 Å². The van der Waals surface area contributed by atoms with Crippen molar-refractivity contribution >= 4 is 0 Å². The molecule has 2 rings (SSSR count). The van der Waals surface area contributed by atoms with E-state index in [9.17, 15) is 0 Å². The van der Waals surface area contributed by atoms with Crippen LogP contribution in [0.1, 0.15) is 26.7 Å². The zero-order valence-electron chi connectivity index (χ0n) is 9.33. The van der Waals surface area contributed by atoms with Gasteiger partial charge in [0.05, 0.1) is 12.7 Å². The van der Waals surface area contributed by atoms with E-state index in [1.165, 1.54) is 19.4 Å². The van der Waals surface area contributed by atoms with E-state index < -0.39 is 0 Å². The first-order valence-electron chi connectivity index (χ1n) is 5.84. The van der Waals surface area contributed by atoms with Crippen LogP contribution in [0, 0.1) is 0 Å². The lowest BCUT2D eigenvalue weighted by atomic mass is 10.2. The smallest absolute Gasteiger partial charge is 0.0674 e. The Morgan fingerprint density at radius 3 is 2.86 bits per heavy atom. The lowest BCUT2D eigenvalue weighted by molar-refractivity contribution is -0.0486. The molecule has 14 heavy (non-hydrogen) atoms.